The maximum atomic E-state index is 11.7. The van der Waals surface area contributed by atoms with Gasteiger partial charge in [0.05, 0.1) is 26.9 Å². The average molecular weight is 238 g/mol. The van der Waals surface area contributed by atoms with Crippen LogP contribution in [0.5, 0.6) is 5.75 Å². The Morgan fingerprint density at radius 2 is 1.47 bits per heavy atom. The lowest BCUT2D eigenvalue weighted by Gasteiger charge is -2.13. The number of hydrogen-bond acceptors (Lipinski definition) is 5. The van der Waals surface area contributed by atoms with Crippen molar-refractivity contribution in [2.45, 2.75) is 6.92 Å². The molecule has 0 aliphatic heterocycles. The molecule has 1 rings (SSSR count). The van der Waals surface area contributed by atoms with Crippen LogP contribution in [0.25, 0.3) is 0 Å². The molecule has 0 unspecified atom stereocenters. The van der Waals surface area contributed by atoms with Gasteiger partial charge in [0.1, 0.15) is 11.3 Å². The second-order valence-corrected chi connectivity index (χ2v) is 3.32. The third kappa shape index (κ3) is 2.38. The van der Waals surface area contributed by atoms with E-state index in [9.17, 15) is 9.59 Å². The Kier molecular flexibility index (Phi) is 4.09. The summed E-state index contributed by atoms with van der Waals surface area (Å²) in [4.78, 5) is 23.3. The SMILES string of the molecule is COC(=O)c1c(C)ccc(OC)c1C(=O)OC. The van der Waals surface area contributed by atoms with Crippen LogP contribution in [0, 0.1) is 6.92 Å². The number of ether oxygens (including phenoxy) is 3. The van der Waals surface area contributed by atoms with E-state index in [0.29, 0.717) is 5.56 Å². The second-order valence-electron chi connectivity index (χ2n) is 3.32. The molecular weight excluding hydrogens is 224 g/mol. The van der Waals surface area contributed by atoms with Gasteiger partial charge in [0.2, 0.25) is 0 Å². The van der Waals surface area contributed by atoms with E-state index in [0.717, 1.165) is 0 Å². The van der Waals surface area contributed by atoms with Crippen molar-refractivity contribution in [1.29, 1.82) is 0 Å². The summed E-state index contributed by atoms with van der Waals surface area (Å²) in [6, 6.07) is 3.28. The molecule has 0 aliphatic rings. The van der Waals surface area contributed by atoms with Gasteiger partial charge in [-0.3, -0.25) is 0 Å². The zero-order valence-corrected chi connectivity index (χ0v) is 10.2. The summed E-state index contributed by atoms with van der Waals surface area (Å²) in [6.45, 7) is 1.71. The number of esters is 2. The van der Waals surface area contributed by atoms with Gasteiger partial charge in [-0.05, 0) is 18.6 Å². The highest BCUT2D eigenvalue weighted by molar-refractivity contribution is 6.06. The molecule has 0 fully saturated rings. The van der Waals surface area contributed by atoms with E-state index in [2.05, 4.69) is 9.47 Å². The Balaban J connectivity index is 3.53. The van der Waals surface area contributed by atoms with Crippen LogP contribution in [0.2, 0.25) is 0 Å². The molecule has 0 bridgehead atoms. The number of hydrogen-bond donors (Lipinski definition) is 0. The van der Waals surface area contributed by atoms with Crippen molar-refractivity contribution < 1.29 is 23.8 Å². The van der Waals surface area contributed by atoms with E-state index in [1.54, 1.807) is 19.1 Å². The van der Waals surface area contributed by atoms with Crippen LogP contribution in [0.4, 0.5) is 0 Å². The van der Waals surface area contributed by atoms with Crippen molar-refractivity contribution in [2.24, 2.45) is 0 Å². The van der Waals surface area contributed by atoms with Gasteiger partial charge in [-0.2, -0.15) is 0 Å². The van der Waals surface area contributed by atoms with Crippen LogP contribution in [-0.2, 0) is 9.47 Å². The summed E-state index contributed by atoms with van der Waals surface area (Å²) in [5.74, 6) is -0.949. The highest BCUT2D eigenvalue weighted by atomic mass is 16.5. The van der Waals surface area contributed by atoms with Gasteiger partial charge in [0, 0.05) is 0 Å². The van der Waals surface area contributed by atoms with E-state index in [1.807, 2.05) is 0 Å². The Labute approximate surface area is 99.3 Å². The monoisotopic (exact) mass is 238 g/mol. The lowest BCUT2D eigenvalue weighted by atomic mass is 10.0. The molecule has 5 nitrogen and oxygen atoms in total. The summed E-state index contributed by atoms with van der Waals surface area (Å²) < 4.78 is 14.3. The highest BCUT2D eigenvalue weighted by Crippen LogP contribution is 2.26. The number of benzene rings is 1. The smallest absolute Gasteiger partial charge is 0.342 e. The van der Waals surface area contributed by atoms with E-state index >= 15 is 0 Å². The molecule has 17 heavy (non-hydrogen) atoms. The number of carbonyl (C=O) groups excluding carboxylic acids is 2. The number of rotatable bonds is 3. The van der Waals surface area contributed by atoms with Crippen molar-refractivity contribution in [1.82, 2.24) is 0 Å². The lowest BCUT2D eigenvalue weighted by Crippen LogP contribution is -2.15. The quantitative estimate of drug-likeness (QED) is 0.748. The molecule has 0 heterocycles. The second kappa shape index (κ2) is 5.34. The fourth-order valence-corrected chi connectivity index (χ4v) is 1.53. The molecule has 0 radical (unpaired) electrons. The molecular formula is C12H14O5. The summed E-state index contributed by atoms with van der Waals surface area (Å²) in [5, 5.41) is 0. The third-order valence-corrected chi connectivity index (χ3v) is 2.37. The number of carbonyl (C=O) groups is 2. The van der Waals surface area contributed by atoms with Gasteiger partial charge >= 0.3 is 11.9 Å². The minimum absolute atomic E-state index is 0.0850. The van der Waals surface area contributed by atoms with E-state index in [1.165, 1.54) is 21.3 Å². The van der Waals surface area contributed by atoms with Gasteiger partial charge in [-0.25, -0.2) is 9.59 Å². The topological polar surface area (TPSA) is 61.8 Å². The minimum Gasteiger partial charge on any atom is -0.496 e. The van der Waals surface area contributed by atoms with Crippen molar-refractivity contribution in [3.63, 3.8) is 0 Å². The molecule has 92 valence electrons. The van der Waals surface area contributed by atoms with E-state index in [-0.39, 0.29) is 16.9 Å². The maximum Gasteiger partial charge on any atom is 0.342 e. The van der Waals surface area contributed by atoms with Gasteiger partial charge in [-0.15, -0.1) is 0 Å². The first-order valence-corrected chi connectivity index (χ1v) is 4.91. The Hall–Kier alpha value is -2.04. The normalized spacial score (nSPS) is 9.65. The zero-order valence-electron chi connectivity index (χ0n) is 10.2. The van der Waals surface area contributed by atoms with Crippen molar-refractivity contribution in [2.75, 3.05) is 21.3 Å². The Morgan fingerprint density at radius 3 is 1.94 bits per heavy atom. The predicted octanol–water partition coefficient (Wildman–Crippen LogP) is 1.58. The molecule has 0 atom stereocenters. The molecule has 0 N–H and O–H groups in total. The zero-order chi connectivity index (χ0) is 13.0. The average Bonchev–Trinajstić information content (AvgIpc) is 2.36. The van der Waals surface area contributed by atoms with E-state index < -0.39 is 11.9 Å². The fraction of sp³-hybridized carbons (Fsp3) is 0.333. The summed E-state index contributed by atoms with van der Waals surface area (Å²) >= 11 is 0. The number of methoxy groups -OCH3 is 3. The molecule has 0 aromatic heterocycles. The summed E-state index contributed by atoms with van der Waals surface area (Å²) in [7, 11) is 3.91. The molecule has 5 heteroatoms. The highest BCUT2D eigenvalue weighted by Gasteiger charge is 2.25. The van der Waals surface area contributed by atoms with Gasteiger partial charge in [0.15, 0.2) is 0 Å². The van der Waals surface area contributed by atoms with Crippen LogP contribution in [-0.4, -0.2) is 33.3 Å². The first kappa shape index (κ1) is 13.0. The molecule has 1 aromatic rings. The molecule has 1 aromatic carbocycles. The van der Waals surface area contributed by atoms with Crippen molar-refractivity contribution in [3.05, 3.63) is 28.8 Å². The van der Waals surface area contributed by atoms with Crippen molar-refractivity contribution in [3.8, 4) is 5.75 Å². The van der Waals surface area contributed by atoms with Crippen LogP contribution >= 0.6 is 0 Å². The molecule has 0 saturated carbocycles. The van der Waals surface area contributed by atoms with Crippen LogP contribution in [0.1, 0.15) is 26.3 Å². The van der Waals surface area contributed by atoms with Gasteiger partial charge < -0.3 is 14.2 Å². The van der Waals surface area contributed by atoms with Gasteiger partial charge in [0.25, 0.3) is 0 Å². The predicted molar refractivity (Wildman–Crippen MR) is 60.4 cm³/mol. The Bertz CT molecular complexity index is 450. The maximum absolute atomic E-state index is 11.7. The fourth-order valence-electron chi connectivity index (χ4n) is 1.53. The van der Waals surface area contributed by atoms with Crippen LogP contribution < -0.4 is 4.74 Å². The van der Waals surface area contributed by atoms with Crippen LogP contribution in [0.3, 0.4) is 0 Å². The first-order valence-electron chi connectivity index (χ1n) is 4.91. The third-order valence-electron chi connectivity index (χ3n) is 2.37. The number of aryl methyl sites for hydroxylation is 1. The molecule has 0 aliphatic carbocycles. The summed E-state index contributed by atoms with van der Waals surface area (Å²) in [6.07, 6.45) is 0. The van der Waals surface area contributed by atoms with Crippen LogP contribution in [0.15, 0.2) is 12.1 Å². The van der Waals surface area contributed by atoms with Crippen molar-refractivity contribution >= 4 is 11.9 Å². The first-order chi connectivity index (χ1) is 8.06. The largest absolute Gasteiger partial charge is 0.496 e. The molecule has 0 amide bonds. The Morgan fingerprint density at radius 1 is 0.941 bits per heavy atom. The molecule has 0 spiro atoms. The van der Waals surface area contributed by atoms with E-state index in [4.69, 9.17) is 4.74 Å². The standard InChI is InChI=1S/C12H14O5/c1-7-5-6-8(15-2)10(12(14)17-4)9(7)11(13)16-3/h5-6H,1-4H3. The summed E-state index contributed by atoms with van der Waals surface area (Å²) in [5.41, 5.74) is 0.874. The van der Waals surface area contributed by atoms with Gasteiger partial charge in [-0.1, -0.05) is 6.07 Å². The lowest BCUT2D eigenvalue weighted by molar-refractivity contribution is 0.0551. The minimum atomic E-state index is -0.633. The molecule has 0 saturated heterocycles.